The van der Waals surface area contributed by atoms with Gasteiger partial charge in [-0.2, -0.15) is 0 Å². The summed E-state index contributed by atoms with van der Waals surface area (Å²) >= 11 is 0. The average molecular weight is 390 g/mol. The molecule has 7 nitrogen and oxygen atoms in total. The Balaban J connectivity index is 1.66. The van der Waals surface area contributed by atoms with Crippen molar-refractivity contribution in [3.8, 4) is 11.4 Å². The molecule has 3 rings (SSSR count). The Hall–Kier alpha value is -1.90. The molecular weight excluding hydrogens is 358 g/mol. The molecule has 1 unspecified atom stereocenters. The lowest BCUT2D eigenvalue weighted by atomic mass is 10.1. The van der Waals surface area contributed by atoms with Gasteiger partial charge in [0.1, 0.15) is 12.6 Å². The highest BCUT2D eigenvalue weighted by molar-refractivity contribution is 6.76. The van der Waals surface area contributed by atoms with E-state index in [9.17, 15) is 0 Å². The molecule has 1 saturated heterocycles. The van der Waals surface area contributed by atoms with E-state index in [4.69, 9.17) is 15.2 Å². The molecular formula is C19H31N5O2Si. The number of hydrogen-bond acceptors (Lipinski definition) is 6. The number of benzene rings is 1. The fraction of sp³-hybridized carbons (Fsp3) is 0.579. The zero-order valence-corrected chi connectivity index (χ0v) is 17.8. The van der Waals surface area contributed by atoms with E-state index < -0.39 is 8.07 Å². The van der Waals surface area contributed by atoms with Crippen LogP contribution in [0.1, 0.15) is 12.2 Å². The van der Waals surface area contributed by atoms with Gasteiger partial charge in [0.2, 0.25) is 0 Å². The Morgan fingerprint density at radius 1 is 1.33 bits per heavy atom. The van der Waals surface area contributed by atoms with Gasteiger partial charge in [-0.3, -0.25) is 4.57 Å². The fourth-order valence-corrected chi connectivity index (χ4v) is 3.57. The van der Waals surface area contributed by atoms with Crippen LogP contribution in [0.4, 0.5) is 11.4 Å². The topological polar surface area (TPSA) is 87.2 Å². The van der Waals surface area contributed by atoms with E-state index in [0.29, 0.717) is 18.5 Å². The van der Waals surface area contributed by atoms with Crippen LogP contribution >= 0.6 is 0 Å². The normalized spacial score (nSPS) is 17.0. The molecule has 0 aliphatic carbocycles. The SMILES string of the molecule is Cc1nnc(-c2ccc(NCC3CCO3)c(N)c2)n1COCC[Si](C)(C)C. The van der Waals surface area contributed by atoms with Crippen LogP contribution in [0.15, 0.2) is 18.2 Å². The van der Waals surface area contributed by atoms with Crippen molar-refractivity contribution >= 4 is 19.4 Å². The zero-order chi connectivity index (χ0) is 19.4. The van der Waals surface area contributed by atoms with Gasteiger partial charge < -0.3 is 20.5 Å². The van der Waals surface area contributed by atoms with Crippen LogP contribution in [0.5, 0.6) is 0 Å². The number of nitrogens with two attached hydrogens (primary N) is 1. The van der Waals surface area contributed by atoms with E-state index in [0.717, 1.165) is 55.1 Å². The molecule has 0 bridgehead atoms. The summed E-state index contributed by atoms with van der Waals surface area (Å²) < 4.78 is 13.3. The molecule has 0 saturated carbocycles. The third-order valence-corrected chi connectivity index (χ3v) is 6.48. The first kappa shape index (κ1) is 19.8. The lowest BCUT2D eigenvalue weighted by Crippen LogP contribution is -2.33. The lowest BCUT2D eigenvalue weighted by Gasteiger charge is -2.27. The van der Waals surface area contributed by atoms with Crippen molar-refractivity contribution in [3.05, 3.63) is 24.0 Å². The number of anilines is 2. The van der Waals surface area contributed by atoms with E-state index in [1.807, 2.05) is 29.7 Å². The first-order valence-electron chi connectivity index (χ1n) is 9.56. The summed E-state index contributed by atoms with van der Waals surface area (Å²) in [7, 11) is -1.10. The molecule has 8 heteroatoms. The standard InChI is InChI=1S/C19H31N5O2Si/c1-14-22-23-19(24(14)13-25-9-10-27(2,3)4)15-5-6-18(17(20)11-15)21-12-16-7-8-26-16/h5-6,11,16,21H,7-10,12-13,20H2,1-4H3. The monoisotopic (exact) mass is 389 g/mol. The Morgan fingerprint density at radius 3 is 2.74 bits per heavy atom. The van der Waals surface area contributed by atoms with Gasteiger partial charge in [0.25, 0.3) is 0 Å². The van der Waals surface area contributed by atoms with Crippen LogP contribution in [0.3, 0.4) is 0 Å². The van der Waals surface area contributed by atoms with Crippen molar-refractivity contribution in [2.24, 2.45) is 0 Å². The van der Waals surface area contributed by atoms with Crippen LogP contribution in [-0.2, 0) is 16.2 Å². The smallest absolute Gasteiger partial charge is 0.165 e. The molecule has 0 radical (unpaired) electrons. The molecule has 1 fully saturated rings. The van der Waals surface area contributed by atoms with Crippen molar-refractivity contribution < 1.29 is 9.47 Å². The number of nitrogen functional groups attached to an aromatic ring is 1. The largest absolute Gasteiger partial charge is 0.397 e. The molecule has 148 valence electrons. The molecule has 1 atom stereocenters. The second-order valence-electron chi connectivity index (χ2n) is 8.31. The highest BCUT2D eigenvalue weighted by atomic mass is 28.3. The number of hydrogen-bond donors (Lipinski definition) is 2. The molecule has 2 heterocycles. The summed E-state index contributed by atoms with van der Waals surface area (Å²) in [6, 6.07) is 7.08. The van der Waals surface area contributed by atoms with Crippen molar-refractivity contribution in [3.63, 3.8) is 0 Å². The van der Waals surface area contributed by atoms with E-state index in [1.165, 1.54) is 0 Å². The minimum Gasteiger partial charge on any atom is -0.397 e. The molecule has 1 aliphatic rings. The average Bonchev–Trinajstić information content (AvgIpc) is 2.91. The predicted octanol–water partition coefficient (Wildman–Crippen LogP) is 3.35. The Kier molecular flexibility index (Phi) is 6.18. The van der Waals surface area contributed by atoms with Crippen LogP contribution in [-0.4, -0.2) is 48.7 Å². The maximum Gasteiger partial charge on any atom is 0.165 e. The number of rotatable bonds is 9. The van der Waals surface area contributed by atoms with Gasteiger partial charge in [-0.05, 0) is 37.6 Å². The summed E-state index contributed by atoms with van der Waals surface area (Å²) in [5, 5.41) is 11.9. The van der Waals surface area contributed by atoms with Crippen LogP contribution in [0.2, 0.25) is 25.7 Å². The van der Waals surface area contributed by atoms with Crippen molar-refractivity contribution in [1.82, 2.24) is 14.8 Å². The summed E-state index contributed by atoms with van der Waals surface area (Å²) in [4.78, 5) is 0. The quantitative estimate of drug-likeness (QED) is 0.388. The van der Waals surface area contributed by atoms with Gasteiger partial charge in [-0.25, -0.2) is 0 Å². The first-order valence-corrected chi connectivity index (χ1v) is 13.3. The predicted molar refractivity (Wildman–Crippen MR) is 112 cm³/mol. The third-order valence-electron chi connectivity index (χ3n) is 4.78. The van der Waals surface area contributed by atoms with E-state index >= 15 is 0 Å². The Morgan fingerprint density at radius 2 is 2.11 bits per heavy atom. The minimum absolute atomic E-state index is 0.295. The molecule has 0 spiro atoms. The van der Waals surface area contributed by atoms with Crippen molar-refractivity contribution in [1.29, 1.82) is 0 Å². The minimum atomic E-state index is -1.10. The lowest BCUT2D eigenvalue weighted by molar-refractivity contribution is -0.0410. The zero-order valence-electron chi connectivity index (χ0n) is 16.8. The highest BCUT2D eigenvalue weighted by Gasteiger charge is 2.18. The maximum absolute atomic E-state index is 6.24. The van der Waals surface area contributed by atoms with Gasteiger partial charge in [0.15, 0.2) is 5.82 Å². The second kappa shape index (κ2) is 8.41. The maximum atomic E-state index is 6.24. The van der Waals surface area contributed by atoms with E-state index in [-0.39, 0.29) is 0 Å². The second-order valence-corrected chi connectivity index (χ2v) is 13.9. The molecule has 1 aliphatic heterocycles. The molecule has 2 aromatic rings. The number of aromatic nitrogens is 3. The first-order chi connectivity index (χ1) is 12.8. The van der Waals surface area contributed by atoms with Gasteiger partial charge in [-0.15, -0.1) is 10.2 Å². The molecule has 3 N–H and O–H groups in total. The number of nitrogens with zero attached hydrogens (tertiary/aromatic N) is 3. The molecule has 27 heavy (non-hydrogen) atoms. The van der Waals surface area contributed by atoms with E-state index in [2.05, 4.69) is 35.2 Å². The van der Waals surface area contributed by atoms with Gasteiger partial charge >= 0.3 is 0 Å². The fourth-order valence-electron chi connectivity index (χ4n) is 2.82. The van der Waals surface area contributed by atoms with Gasteiger partial charge in [-0.1, -0.05) is 19.6 Å². The van der Waals surface area contributed by atoms with Crippen LogP contribution in [0, 0.1) is 6.92 Å². The molecule has 1 aromatic heterocycles. The Bertz CT molecular complexity index is 768. The van der Waals surface area contributed by atoms with Gasteiger partial charge in [0.05, 0.1) is 17.5 Å². The number of aryl methyl sites for hydroxylation is 1. The Labute approximate surface area is 162 Å². The summed E-state index contributed by atoms with van der Waals surface area (Å²) in [6.07, 6.45) is 1.40. The summed E-state index contributed by atoms with van der Waals surface area (Å²) in [5.41, 5.74) is 8.79. The number of nitrogens with one attached hydrogen (secondary N) is 1. The molecule has 1 aromatic carbocycles. The van der Waals surface area contributed by atoms with E-state index in [1.54, 1.807) is 0 Å². The summed E-state index contributed by atoms with van der Waals surface area (Å²) in [5.74, 6) is 1.61. The summed E-state index contributed by atoms with van der Waals surface area (Å²) in [6.45, 7) is 11.8. The van der Waals surface area contributed by atoms with Gasteiger partial charge in [0, 0.05) is 33.4 Å². The molecule has 0 amide bonds. The number of ether oxygens (including phenoxy) is 2. The van der Waals surface area contributed by atoms with Crippen molar-refractivity contribution in [2.75, 3.05) is 30.8 Å². The third kappa shape index (κ3) is 5.30. The van der Waals surface area contributed by atoms with Crippen LogP contribution in [0.25, 0.3) is 11.4 Å². The highest BCUT2D eigenvalue weighted by Crippen LogP contribution is 2.27. The van der Waals surface area contributed by atoms with Crippen LogP contribution < -0.4 is 11.1 Å². The van der Waals surface area contributed by atoms with Crippen molar-refractivity contribution in [2.45, 2.75) is 51.9 Å².